The molecule has 1 aliphatic rings. The average molecular weight is 382 g/mol. The van der Waals surface area contributed by atoms with Crippen molar-refractivity contribution in [2.24, 2.45) is 0 Å². The van der Waals surface area contributed by atoms with Gasteiger partial charge in [-0.05, 0) is 36.4 Å². The van der Waals surface area contributed by atoms with Crippen molar-refractivity contribution in [3.05, 3.63) is 74.8 Å². The summed E-state index contributed by atoms with van der Waals surface area (Å²) in [6, 6.07) is 15.0. The van der Waals surface area contributed by atoms with Gasteiger partial charge in [0.25, 0.3) is 11.5 Å². The van der Waals surface area contributed by atoms with E-state index in [2.05, 4.69) is 32.8 Å². The molecule has 6 nitrogen and oxygen atoms in total. The van der Waals surface area contributed by atoms with E-state index in [1.165, 1.54) is 15.6 Å². The molecule has 0 atom stereocenters. The van der Waals surface area contributed by atoms with E-state index in [1.54, 1.807) is 11.3 Å². The Kier molecular flexibility index (Phi) is 5.22. The topological polar surface area (TPSA) is 70.1 Å². The summed E-state index contributed by atoms with van der Waals surface area (Å²) in [5, 5.41) is 8.07. The molecule has 1 amide bonds. The van der Waals surface area contributed by atoms with Crippen LogP contribution in [0.4, 0.5) is 0 Å². The number of piperidine rings is 1. The summed E-state index contributed by atoms with van der Waals surface area (Å²) in [5.41, 5.74) is 0.769. The SMILES string of the molecule is O=C(NC1CCN(Cc2cccs2)CC1)c1cc(=O)n(-c2ccccc2)[nH]1. The second-order valence-electron chi connectivity index (χ2n) is 6.78. The Morgan fingerprint density at radius 2 is 1.93 bits per heavy atom. The number of hydrogen-bond acceptors (Lipinski definition) is 4. The lowest BCUT2D eigenvalue weighted by Gasteiger charge is -2.31. The van der Waals surface area contributed by atoms with Crippen molar-refractivity contribution in [1.82, 2.24) is 20.0 Å². The molecule has 0 radical (unpaired) electrons. The van der Waals surface area contributed by atoms with Crippen LogP contribution in [0.15, 0.2) is 58.7 Å². The number of rotatable bonds is 5. The number of nitrogens with zero attached hydrogens (tertiary/aromatic N) is 2. The molecule has 0 aliphatic carbocycles. The van der Waals surface area contributed by atoms with Crippen molar-refractivity contribution in [1.29, 1.82) is 0 Å². The first-order valence-corrected chi connectivity index (χ1v) is 10.00. The highest BCUT2D eigenvalue weighted by atomic mass is 32.1. The third-order valence-electron chi connectivity index (χ3n) is 4.86. The lowest BCUT2D eigenvalue weighted by atomic mass is 10.0. The summed E-state index contributed by atoms with van der Waals surface area (Å²) in [6.07, 6.45) is 1.83. The Hall–Kier alpha value is -2.64. The molecule has 0 bridgehead atoms. The van der Waals surface area contributed by atoms with Gasteiger partial charge in [0.2, 0.25) is 0 Å². The summed E-state index contributed by atoms with van der Waals surface area (Å²) in [5.74, 6) is -0.224. The van der Waals surface area contributed by atoms with E-state index in [9.17, 15) is 9.59 Å². The quantitative estimate of drug-likeness (QED) is 0.713. The predicted molar refractivity (Wildman–Crippen MR) is 106 cm³/mol. The molecule has 3 heterocycles. The van der Waals surface area contributed by atoms with Crippen LogP contribution in [0.25, 0.3) is 5.69 Å². The number of thiophene rings is 1. The summed E-state index contributed by atoms with van der Waals surface area (Å²) in [4.78, 5) is 28.5. The summed E-state index contributed by atoms with van der Waals surface area (Å²) in [7, 11) is 0. The van der Waals surface area contributed by atoms with Gasteiger partial charge in [-0.3, -0.25) is 19.6 Å². The van der Waals surface area contributed by atoms with Gasteiger partial charge in [0.05, 0.1) is 5.69 Å². The van der Waals surface area contributed by atoms with Crippen molar-refractivity contribution >= 4 is 17.2 Å². The van der Waals surface area contributed by atoms with Crippen LogP contribution in [0, 0.1) is 0 Å². The smallest absolute Gasteiger partial charge is 0.271 e. The third-order valence-corrected chi connectivity index (χ3v) is 5.72. The van der Waals surface area contributed by atoms with Crippen molar-refractivity contribution in [3.63, 3.8) is 0 Å². The molecule has 0 spiro atoms. The van der Waals surface area contributed by atoms with Gasteiger partial charge in [-0.1, -0.05) is 24.3 Å². The number of aromatic amines is 1. The van der Waals surface area contributed by atoms with Gasteiger partial charge < -0.3 is 5.32 Å². The number of amides is 1. The van der Waals surface area contributed by atoms with Crippen LogP contribution in [0.1, 0.15) is 28.2 Å². The molecule has 2 aromatic heterocycles. The molecule has 140 valence electrons. The zero-order valence-electron chi connectivity index (χ0n) is 14.9. The van der Waals surface area contributed by atoms with Gasteiger partial charge in [-0.15, -0.1) is 11.3 Å². The van der Waals surface area contributed by atoms with Gasteiger partial charge in [-0.2, -0.15) is 0 Å². The molecule has 1 fully saturated rings. The normalized spacial score (nSPS) is 15.7. The molecular formula is C20H22N4O2S. The van der Waals surface area contributed by atoms with Crippen LogP contribution >= 0.6 is 11.3 Å². The molecule has 1 saturated heterocycles. The highest BCUT2D eigenvalue weighted by Gasteiger charge is 2.22. The van der Waals surface area contributed by atoms with E-state index in [0.29, 0.717) is 11.4 Å². The molecule has 7 heteroatoms. The maximum atomic E-state index is 12.5. The van der Waals surface area contributed by atoms with E-state index in [-0.39, 0.29) is 17.5 Å². The monoisotopic (exact) mass is 382 g/mol. The van der Waals surface area contributed by atoms with E-state index >= 15 is 0 Å². The van der Waals surface area contributed by atoms with Crippen LogP contribution in [-0.2, 0) is 6.54 Å². The summed E-state index contributed by atoms with van der Waals surface area (Å²) < 4.78 is 1.39. The fourth-order valence-corrected chi connectivity index (χ4v) is 4.15. The zero-order valence-corrected chi connectivity index (χ0v) is 15.7. The number of carbonyl (C=O) groups excluding carboxylic acids is 1. The number of likely N-dealkylation sites (tertiary alicyclic amines) is 1. The number of hydrogen-bond donors (Lipinski definition) is 2. The zero-order chi connectivity index (χ0) is 18.6. The van der Waals surface area contributed by atoms with Crippen molar-refractivity contribution < 1.29 is 4.79 Å². The molecule has 2 N–H and O–H groups in total. The van der Waals surface area contributed by atoms with Gasteiger partial charge >= 0.3 is 0 Å². The molecule has 1 aliphatic heterocycles. The second kappa shape index (κ2) is 7.94. The second-order valence-corrected chi connectivity index (χ2v) is 7.81. The molecule has 4 rings (SSSR count). The van der Waals surface area contributed by atoms with Crippen molar-refractivity contribution in [2.75, 3.05) is 13.1 Å². The van der Waals surface area contributed by atoms with Gasteiger partial charge in [0, 0.05) is 36.6 Å². The van der Waals surface area contributed by atoms with Crippen LogP contribution in [0.5, 0.6) is 0 Å². The standard InChI is InChI=1S/C20H22N4O2S/c25-19-13-18(22-24(19)16-5-2-1-3-6-16)20(26)21-15-8-10-23(11-9-15)14-17-7-4-12-27-17/h1-7,12-13,15,22H,8-11,14H2,(H,21,26). The minimum absolute atomic E-state index is 0.140. The van der Waals surface area contributed by atoms with E-state index in [4.69, 9.17) is 0 Å². The Balaban J connectivity index is 1.34. The molecule has 1 aromatic carbocycles. The average Bonchev–Trinajstić information content (AvgIpc) is 3.34. The van der Waals surface area contributed by atoms with E-state index in [1.807, 2.05) is 30.3 Å². The summed E-state index contributed by atoms with van der Waals surface area (Å²) >= 11 is 1.78. The Bertz CT molecular complexity index is 938. The number of carbonyl (C=O) groups is 1. The highest BCUT2D eigenvalue weighted by Crippen LogP contribution is 2.17. The van der Waals surface area contributed by atoms with Crippen molar-refractivity contribution in [3.8, 4) is 5.69 Å². The Morgan fingerprint density at radius 3 is 2.63 bits per heavy atom. The molecular weight excluding hydrogens is 360 g/mol. The number of nitrogens with one attached hydrogen (secondary N) is 2. The highest BCUT2D eigenvalue weighted by molar-refractivity contribution is 7.09. The van der Waals surface area contributed by atoms with Gasteiger partial charge in [0.15, 0.2) is 0 Å². The third kappa shape index (κ3) is 4.20. The van der Waals surface area contributed by atoms with E-state index < -0.39 is 0 Å². The van der Waals surface area contributed by atoms with Crippen molar-refractivity contribution in [2.45, 2.75) is 25.4 Å². The number of aromatic nitrogens is 2. The first kappa shape index (κ1) is 17.8. The molecule has 0 unspecified atom stereocenters. The van der Waals surface area contributed by atoms with E-state index in [0.717, 1.165) is 32.5 Å². The largest absolute Gasteiger partial charge is 0.348 e. The molecule has 27 heavy (non-hydrogen) atoms. The first-order valence-electron chi connectivity index (χ1n) is 9.12. The summed E-state index contributed by atoms with van der Waals surface area (Å²) in [6.45, 7) is 2.90. The molecule has 0 saturated carbocycles. The first-order chi connectivity index (χ1) is 13.2. The minimum Gasteiger partial charge on any atom is -0.348 e. The number of benzene rings is 1. The van der Waals surface area contributed by atoms with Crippen LogP contribution in [0.3, 0.4) is 0 Å². The Labute approximate surface area is 161 Å². The fourth-order valence-electron chi connectivity index (χ4n) is 3.40. The fraction of sp³-hybridized carbons (Fsp3) is 0.300. The van der Waals surface area contributed by atoms with Crippen LogP contribution < -0.4 is 10.9 Å². The maximum Gasteiger partial charge on any atom is 0.271 e. The molecule has 3 aromatic rings. The minimum atomic E-state index is -0.239. The predicted octanol–water partition coefficient (Wildman–Crippen LogP) is 2.62. The van der Waals surface area contributed by atoms with Gasteiger partial charge in [-0.25, -0.2) is 4.68 Å². The maximum absolute atomic E-state index is 12.5. The van der Waals surface area contributed by atoms with Crippen LogP contribution in [0.2, 0.25) is 0 Å². The lowest BCUT2D eigenvalue weighted by molar-refractivity contribution is 0.0904. The Morgan fingerprint density at radius 1 is 1.15 bits per heavy atom. The lowest BCUT2D eigenvalue weighted by Crippen LogP contribution is -2.44. The number of para-hydroxylation sites is 1. The number of H-pyrrole nitrogens is 1. The van der Waals surface area contributed by atoms with Crippen LogP contribution in [-0.4, -0.2) is 39.7 Å². The van der Waals surface area contributed by atoms with Gasteiger partial charge in [0.1, 0.15) is 5.69 Å².